The average molecular weight is 297 g/mol. The standard InChI is InChI=1S/C12H11N3O.C6H10.H2/c1-9-4-5-10(13-8-16)7-11(9)12-3-2-6-14-15-12;1-2-5(1)6-3-4-6;/h2-8H,1H3,(H,13,16);5-6H,1-4H2;1H. The largest absolute Gasteiger partial charge is 0.329 e. The van der Waals surface area contributed by atoms with Crippen molar-refractivity contribution in [1.29, 1.82) is 0 Å². The molecule has 1 aromatic heterocycles. The molecule has 0 unspecified atom stereocenters. The summed E-state index contributed by atoms with van der Waals surface area (Å²) in [6.07, 6.45) is 8.53. The van der Waals surface area contributed by atoms with Gasteiger partial charge in [-0.3, -0.25) is 4.79 Å². The first kappa shape index (κ1) is 14.7. The number of anilines is 1. The average Bonchev–Trinajstić information content (AvgIpc) is 3.42. The molecule has 2 aromatic rings. The van der Waals surface area contributed by atoms with Crippen molar-refractivity contribution < 1.29 is 6.22 Å². The number of hydrogen-bond acceptors (Lipinski definition) is 3. The number of aryl methyl sites for hydroxylation is 1. The second-order valence-electron chi connectivity index (χ2n) is 6.08. The van der Waals surface area contributed by atoms with Gasteiger partial charge in [0.1, 0.15) is 0 Å². The first-order chi connectivity index (χ1) is 10.8. The predicted octanol–water partition coefficient (Wildman–Crippen LogP) is 4.07. The molecule has 2 aliphatic carbocycles. The third-order valence-corrected chi connectivity index (χ3v) is 4.22. The summed E-state index contributed by atoms with van der Waals surface area (Å²) < 4.78 is 0. The summed E-state index contributed by atoms with van der Waals surface area (Å²) in [6.45, 7) is 1.99. The molecular formula is C18H23N3O. The molecule has 0 radical (unpaired) electrons. The maximum absolute atomic E-state index is 10.4. The summed E-state index contributed by atoms with van der Waals surface area (Å²) in [5, 5.41) is 10.5. The highest BCUT2D eigenvalue weighted by molar-refractivity contribution is 5.76. The van der Waals surface area contributed by atoms with Gasteiger partial charge in [0.25, 0.3) is 0 Å². The Kier molecular flexibility index (Phi) is 4.47. The molecule has 2 aliphatic rings. The van der Waals surface area contributed by atoms with Gasteiger partial charge in [0, 0.05) is 18.9 Å². The topological polar surface area (TPSA) is 54.9 Å². The van der Waals surface area contributed by atoms with Crippen LogP contribution in [0.2, 0.25) is 0 Å². The fraction of sp³-hybridized carbons (Fsp3) is 0.389. The van der Waals surface area contributed by atoms with Gasteiger partial charge in [0.15, 0.2) is 0 Å². The molecule has 1 amide bonds. The van der Waals surface area contributed by atoms with Gasteiger partial charge in [-0.2, -0.15) is 10.2 Å². The van der Waals surface area contributed by atoms with Crippen molar-refractivity contribution in [2.24, 2.45) is 11.8 Å². The Morgan fingerprint density at radius 1 is 1.18 bits per heavy atom. The zero-order chi connectivity index (χ0) is 15.4. The smallest absolute Gasteiger partial charge is 0.211 e. The van der Waals surface area contributed by atoms with Crippen LogP contribution in [0.4, 0.5) is 5.69 Å². The molecule has 1 heterocycles. The first-order valence-electron chi connectivity index (χ1n) is 7.87. The van der Waals surface area contributed by atoms with Crippen LogP contribution in [-0.4, -0.2) is 16.6 Å². The Morgan fingerprint density at radius 2 is 1.91 bits per heavy atom. The van der Waals surface area contributed by atoms with Gasteiger partial charge < -0.3 is 5.32 Å². The summed E-state index contributed by atoms with van der Waals surface area (Å²) in [5.74, 6) is 2.43. The molecular weight excluding hydrogens is 274 g/mol. The summed E-state index contributed by atoms with van der Waals surface area (Å²) >= 11 is 0. The van der Waals surface area contributed by atoms with Crippen LogP contribution in [0.3, 0.4) is 0 Å². The summed E-state index contributed by atoms with van der Waals surface area (Å²) in [5.41, 5.74) is 3.62. The highest BCUT2D eigenvalue weighted by atomic mass is 16.1. The Bertz CT molecular complexity index is 630. The zero-order valence-corrected chi connectivity index (χ0v) is 12.8. The number of amides is 1. The van der Waals surface area contributed by atoms with Crippen LogP contribution in [0.15, 0.2) is 36.5 Å². The summed E-state index contributed by atoms with van der Waals surface area (Å²) in [7, 11) is 0. The fourth-order valence-electron chi connectivity index (χ4n) is 2.64. The van der Waals surface area contributed by atoms with Crippen molar-refractivity contribution in [2.75, 3.05) is 5.32 Å². The minimum Gasteiger partial charge on any atom is -0.329 e. The Labute approximate surface area is 132 Å². The fourth-order valence-corrected chi connectivity index (χ4v) is 2.64. The molecule has 22 heavy (non-hydrogen) atoms. The maximum Gasteiger partial charge on any atom is 0.211 e. The molecule has 4 rings (SSSR count). The van der Waals surface area contributed by atoms with Crippen molar-refractivity contribution in [1.82, 2.24) is 10.2 Å². The third kappa shape index (κ3) is 3.91. The van der Waals surface area contributed by atoms with Gasteiger partial charge >= 0.3 is 0 Å². The zero-order valence-electron chi connectivity index (χ0n) is 12.8. The van der Waals surface area contributed by atoms with E-state index < -0.39 is 0 Å². The molecule has 0 aliphatic heterocycles. The van der Waals surface area contributed by atoms with Gasteiger partial charge in [0.05, 0.1) is 5.69 Å². The van der Waals surface area contributed by atoms with E-state index in [1.165, 1.54) is 11.8 Å². The number of rotatable bonds is 4. The number of nitrogens with one attached hydrogen (secondary N) is 1. The van der Waals surface area contributed by atoms with Crippen LogP contribution < -0.4 is 5.32 Å². The summed E-state index contributed by atoms with van der Waals surface area (Å²) in [4.78, 5) is 10.4. The molecule has 2 fully saturated rings. The number of carbonyl (C=O) groups is 1. The van der Waals surface area contributed by atoms with Crippen LogP contribution in [0.25, 0.3) is 11.3 Å². The minimum absolute atomic E-state index is 0. The SMILES string of the molecule is C1CC1C1CC1.Cc1ccc(NC=O)cc1-c1cccnn1.[HH]. The Balaban J connectivity index is 0.000000227. The van der Waals surface area contributed by atoms with Crippen LogP contribution in [0.1, 0.15) is 32.7 Å². The number of carbonyl (C=O) groups excluding carboxylic acids is 1. The number of aromatic nitrogens is 2. The van der Waals surface area contributed by atoms with Gasteiger partial charge in [-0.05, 0) is 74.3 Å². The molecule has 0 saturated heterocycles. The lowest BCUT2D eigenvalue weighted by Gasteiger charge is -2.06. The lowest BCUT2D eigenvalue weighted by molar-refractivity contribution is -0.105. The maximum atomic E-state index is 10.4. The second-order valence-corrected chi connectivity index (χ2v) is 6.08. The number of nitrogens with zero attached hydrogens (tertiary/aromatic N) is 2. The van der Waals surface area contributed by atoms with Crippen molar-refractivity contribution in [3.63, 3.8) is 0 Å². The highest BCUT2D eigenvalue weighted by Gasteiger charge is 2.37. The van der Waals surface area contributed by atoms with E-state index in [0.717, 1.165) is 22.5 Å². The van der Waals surface area contributed by atoms with Crippen LogP contribution in [0.5, 0.6) is 0 Å². The van der Waals surface area contributed by atoms with E-state index in [-0.39, 0.29) is 1.43 Å². The molecule has 1 aromatic carbocycles. The lowest BCUT2D eigenvalue weighted by atomic mass is 10.0. The van der Waals surface area contributed by atoms with E-state index in [4.69, 9.17) is 0 Å². The second kappa shape index (κ2) is 6.69. The van der Waals surface area contributed by atoms with Crippen LogP contribution in [0, 0.1) is 18.8 Å². The molecule has 0 bridgehead atoms. The third-order valence-electron chi connectivity index (χ3n) is 4.22. The molecule has 116 valence electrons. The monoisotopic (exact) mass is 297 g/mol. The molecule has 0 spiro atoms. The minimum atomic E-state index is 0. The van der Waals surface area contributed by atoms with Gasteiger partial charge in [-0.15, -0.1) is 0 Å². The Hall–Kier alpha value is -2.23. The van der Waals surface area contributed by atoms with Gasteiger partial charge in [0.2, 0.25) is 6.41 Å². The molecule has 2 saturated carbocycles. The first-order valence-corrected chi connectivity index (χ1v) is 7.87. The van der Waals surface area contributed by atoms with Crippen LogP contribution >= 0.6 is 0 Å². The van der Waals surface area contributed by atoms with E-state index in [1.807, 2.05) is 37.3 Å². The van der Waals surface area contributed by atoms with Gasteiger partial charge in [-0.1, -0.05) is 6.07 Å². The van der Waals surface area contributed by atoms with Crippen molar-refractivity contribution in [2.45, 2.75) is 32.6 Å². The van der Waals surface area contributed by atoms with E-state index >= 15 is 0 Å². The predicted molar refractivity (Wildman–Crippen MR) is 89.5 cm³/mol. The molecule has 0 atom stereocenters. The van der Waals surface area contributed by atoms with E-state index in [1.54, 1.807) is 31.9 Å². The molecule has 1 N–H and O–H groups in total. The number of hydrogen-bond donors (Lipinski definition) is 1. The van der Waals surface area contributed by atoms with E-state index in [0.29, 0.717) is 6.41 Å². The quantitative estimate of drug-likeness (QED) is 0.865. The Morgan fingerprint density at radius 3 is 2.45 bits per heavy atom. The van der Waals surface area contributed by atoms with Crippen molar-refractivity contribution in [3.05, 3.63) is 42.1 Å². The van der Waals surface area contributed by atoms with Crippen LogP contribution in [-0.2, 0) is 4.79 Å². The normalized spacial score (nSPS) is 16.4. The highest BCUT2D eigenvalue weighted by Crippen LogP contribution is 2.49. The molecule has 4 nitrogen and oxygen atoms in total. The van der Waals surface area contributed by atoms with E-state index in [2.05, 4.69) is 15.5 Å². The number of benzene rings is 1. The van der Waals surface area contributed by atoms with Gasteiger partial charge in [-0.25, -0.2) is 0 Å². The molecule has 4 heteroatoms. The summed E-state index contributed by atoms with van der Waals surface area (Å²) in [6, 6.07) is 9.40. The lowest BCUT2D eigenvalue weighted by Crippen LogP contribution is -1.95. The van der Waals surface area contributed by atoms with Crippen molar-refractivity contribution >= 4 is 12.1 Å². The van der Waals surface area contributed by atoms with E-state index in [9.17, 15) is 4.79 Å². The van der Waals surface area contributed by atoms with Crippen molar-refractivity contribution in [3.8, 4) is 11.3 Å².